The van der Waals surface area contributed by atoms with E-state index in [1.54, 1.807) is 6.08 Å². The summed E-state index contributed by atoms with van der Waals surface area (Å²) in [6.45, 7) is 33.8. The van der Waals surface area contributed by atoms with Gasteiger partial charge in [-0.15, -0.1) is 0 Å². The minimum absolute atomic E-state index is 0.0259. The Morgan fingerprint density at radius 3 is 1.22 bits per heavy atom. The van der Waals surface area contributed by atoms with E-state index in [0.29, 0.717) is 18.5 Å². The molecule has 12 heteroatoms. The molecule has 0 saturated heterocycles. The number of aromatic nitrogens is 8. The van der Waals surface area contributed by atoms with Crippen LogP contribution in [-0.4, -0.2) is 62.0 Å². The van der Waals surface area contributed by atoms with Crippen LogP contribution in [0.5, 0.6) is 0 Å². The van der Waals surface area contributed by atoms with Crippen LogP contribution in [0.25, 0.3) is 94.8 Å². The molecule has 0 unspecified atom stereocenters. The molecule has 400 valence electrons. The van der Waals surface area contributed by atoms with Crippen molar-refractivity contribution in [3.05, 3.63) is 158 Å². The van der Waals surface area contributed by atoms with Crippen LogP contribution in [0.4, 0.5) is 0 Å². The Balaban J connectivity index is 0.000000192. The number of carboxylic acids is 2. The van der Waals surface area contributed by atoms with Crippen LogP contribution >= 0.6 is 0 Å². The van der Waals surface area contributed by atoms with E-state index in [2.05, 4.69) is 113 Å². The molecule has 6 aromatic rings. The Hall–Kier alpha value is -8.38. The average molecular weight is 1040 g/mol. The molecule has 6 aromatic heterocycles. The Labute approximate surface area is 456 Å². The van der Waals surface area contributed by atoms with Crippen molar-refractivity contribution in [2.75, 3.05) is 0 Å². The molecule has 4 aliphatic rings. The summed E-state index contributed by atoms with van der Waals surface area (Å²) in [5.74, 6) is -1.76. The molecule has 10 heterocycles. The lowest BCUT2D eigenvalue weighted by Gasteiger charge is -2.03. The van der Waals surface area contributed by atoms with Crippen molar-refractivity contribution < 1.29 is 19.8 Å². The Bertz CT molecular complexity index is 3920. The van der Waals surface area contributed by atoms with Crippen LogP contribution in [0.15, 0.2) is 67.8 Å². The molecular weight excluding hydrogens is 969 g/mol. The number of allylic oxidation sites excluding steroid dienone is 9. The van der Waals surface area contributed by atoms with Gasteiger partial charge in [-0.05, 0) is 220 Å². The molecule has 0 spiro atoms. The number of rotatable bonds is 12. The lowest BCUT2D eigenvalue weighted by Crippen LogP contribution is -1.98. The van der Waals surface area contributed by atoms with Gasteiger partial charge in [-0.3, -0.25) is 9.59 Å². The number of nitrogens with zero attached hydrogens (tertiary/aromatic N) is 4. The molecule has 12 nitrogen and oxygen atoms in total. The summed E-state index contributed by atoms with van der Waals surface area (Å²) >= 11 is 0. The molecule has 0 aromatic carbocycles. The van der Waals surface area contributed by atoms with Gasteiger partial charge in [-0.2, -0.15) is 0 Å². The number of aromatic amines is 4. The molecule has 0 saturated carbocycles. The standard InChI is InChI=1S/C34H34N4O4.C32H38N4/c1-7-21-17(3)25-13-26-19(5)23(9-11-33(39)40)31(37-26)16-32-24(10-12-34(41)42)20(6)28(38-32)15-30-22(8-2)18(4)27(36-30)14-29(21)35-25;1-9-21-17(5)25-14-30-23(11-3)19(7)27(35-30)16-32-24(12-4)20(8)28(36-32)15-31-22(10-2)18(6)26(34-31)13-29(21)33-25/h7-8,13-16,35,38H,1-2,9-12H2,3-6H3,(H,39,40)(H,41,42);13-16,33,36H,9-12H2,1-8H3. The van der Waals surface area contributed by atoms with Crippen LogP contribution in [0.3, 0.4) is 0 Å². The van der Waals surface area contributed by atoms with Gasteiger partial charge >= 0.3 is 11.9 Å². The fraction of sp³-hybridized carbons (Fsp3) is 0.303. The normalized spacial score (nSPS) is 13.4. The first-order valence-corrected chi connectivity index (χ1v) is 27.3. The van der Waals surface area contributed by atoms with Gasteiger partial charge in [0.25, 0.3) is 0 Å². The van der Waals surface area contributed by atoms with Crippen molar-refractivity contribution in [3.63, 3.8) is 0 Å². The number of hydrogen-bond acceptors (Lipinski definition) is 6. The third-order valence-electron chi connectivity index (χ3n) is 16.4. The molecule has 6 N–H and O–H groups in total. The largest absolute Gasteiger partial charge is 0.481 e. The van der Waals surface area contributed by atoms with E-state index in [-0.39, 0.29) is 12.8 Å². The highest BCUT2D eigenvalue weighted by molar-refractivity contribution is 5.99. The lowest BCUT2D eigenvalue weighted by molar-refractivity contribution is -0.137. The van der Waals surface area contributed by atoms with Gasteiger partial charge in [0.05, 0.1) is 45.6 Å². The Morgan fingerprint density at radius 1 is 0.410 bits per heavy atom. The van der Waals surface area contributed by atoms with Crippen molar-refractivity contribution in [2.45, 2.75) is 134 Å². The van der Waals surface area contributed by atoms with Crippen molar-refractivity contribution >= 4 is 107 Å². The first kappa shape index (κ1) is 54.4. The number of aryl methyl sites for hydroxylation is 7. The van der Waals surface area contributed by atoms with Gasteiger partial charge < -0.3 is 30.1 Å². The number of carboxylic acid groups (broad SMARTS) is 2. The maximum atomic E-state index is 11.5. The number of fused-ring (bicyclic) bond motifs is 16. The van der Waals surface area contributed by atoms with Crippen molar-refractivity contribution in [2.24, 2.45) is 0 Å². The van der Waals surface area contributed by atoms with Gasteiger partial charge in [0.1, 0.15) is 0 Å². The van der Waals surface area contributed by atoms with E-state index < -0.39 is 11.9 Å². The van der Waals surface area contributed by atoms with Gasteiger partial charge in [0, 0.05) is 68.1 Å². The topological polar surface area (TPSA) is 189 Å². The van der Waals surface area contributed by atoms with Gasteiger partial charge in [0.15, 0.2) is 0 Å². The van der Waals surface area contributed by atoms with Crippen molar-refractivity contribution in [1.29, 1.82) is 0 Å². The highest BCUT2D eigenvalue weighted by atomic mass is 16.4. The van der Waals surface area contributed by atoms with Crippen LogP contribution in [-0.2, 0) is 28.9 Å². The van der Waals surface area contributed by atoms with Crippen LogP contribution < -0.4 is 0 Å². The minimum atomic E-state index is -0.883. The summed E-state index contributed by atoms with van der Waals surface area (Å²) in [5.41, 5.74) is 33.0. The van der Waals surface area contributed by atoms with E-state index in [1.807, 2.05) is 58.0 Å². The molecule has 0 aliphatic carbocycles. The number of hydrogen-bond donors (Lipinski definition) is 6. The molecule has 16 bridgehead atoms. The third kappa shape index (κ3) is 9.96. The summed E-state index contributed by atoms with van der Waals surface area (Å²) in [6.07, 6.45) is 8.08. The highest BCUT2D eigenvalue weighted by Crippen LogP contribution is 2.39. The maximum absolute atomic E-state index is 11.5. The molecule has 10 rings (SSSR count). The van der Waals surface area contributed by atoms with Crippen molar-refractivity contribution in [3.8, 4) is 0 Å². The Morgan fingerprint density at radius 2 is 0.756 bits per heavy atom. The SMILES string of the molecule is C=CC1=C(C)c2cc3[nH]c(cc4nc(cc5[nH]c(cc1n2)c(C)c5CCC(=O)O)C(CCC(=O)O)=C4C)c(C)c3C=C.CCC1=C(C)c2cc3[nH]c(cc4nc(cc5[nH]c(cc1n2)c(C)c5CC)C(C)=C4CC)c(C)c3CC. The fourth-order valence-electron chi connectivity index (χ4n) is 11.8. The van der Waals surface area contributed by atoms with Gasteiger partial charge in [-0.1, -0.05) is 53.0 Å². The first-order valence-electron chi connectivity index (χ1n) is 27.3. The number of carbonyl (C=O) groups is 2. The summed E-state index contributed by atoms with van der Waals surface area (Å²) < 4.78 is 0. The summed E-state index contributed by atoms with van der Waals surface area (Å²) in [6, 6.07) is 16.9. The van der Waals surface area contributed by atoms with Gasteiger partial charge in [0.2, 0.25) is 0 Å². The smallest absolute Gasteiger partial charge is 0.303 e. The Kier molecular flexibility index (Phi) is 15.3. The van der Waals surface area contributed by atoms with E-state index in [1.165, 1.54) is 44.5 Å². The second kappa shape index (κ2) is 21.9. The second-order valence-electron chi connectivity index (χ2n) is 20.8. The predicted octanol–water partition coefficient (Wildman–Crippen LogP) is 16.2. The predicted molar refractivity (Wildman–Crippen MR) is 323 cm³/mol. The zero-order valence-corrected chi connectivity index (χ0v) is 47.3. The fourth-order valence-corrected chi connectivity index (χ4v) is 11.8. The van der Waals surface area contributed by atoms with E-state index >= 15 is 0 Å². The third-order valence-corrected chi connectivity index (χ3v) is 16.4. The number of aliphatic carboxylic acids is 2. The molecule has 0 fully saturated rings. The molecule has 0 atom stereocenters. The van der Waals surface area contributed by atoms with Crippen LogP contribution in [0.2, 0.25) is 0 Å². The molecule has 4 aliphatic heterocycles. The van der Waals surface area contributed by atoms with E-state index in [0.717, 1.165) is 154 Å². The molecular formula is C66H72N8O4. The number of nitrogens with one attached hydrogen (secondary N) is 4. The monoisotopic (exact) mass is 1040 g/mol. The van der Waals surface area contributed by atoms with Crippen molar-refractivity contribution in [1.82, 2.24) is 39.9 Å². The van der Waals surface area contributed by atoms with E-state index in [4.69, 9.17) is 19.9 Å². The molecule has 78 heavy (non-hydrogen) atoms. The van der Waals surface area contributed by atoms with Crippen LogP contribution in [0.1, 0.15) is 178 Å². The maximum Gasteiger partial charge on any atom is 0.303 e. The number of H-pyrrole nitrogens is 4. The minimum Gasteiger partial charge on any atom is -0.481 e. The average Bonchev–Trinajstić information content (AvgIpc) is 4.37. The second-order valence-corrected chi connectivity index (χ2v) is 20.8. The van der Waals surface area contributed by atoms with E-state index in [9.17, 15) is 19.8 Å². The first-order chi connectivity index (χ1) is 37.3. The highest BCUT2D eigenvalue weighted by Gasteiger charge is 2.23. The zero-order valence-electron chi connectivity index (χ0n) is 47.3. The summed E-state index contributed by atoms with van der Waals surface area (Å²) in [7, 11) is 0. The lowest BCUT2D eigenvalue weighted by atomic mass is 10.0. The summed E-state index contributed by atoms with van der Waals surface area (Å²) in [4.78, 5) is 57.7. The van der Waals surface area contributed by atoms with Gasteiger partial charge in [-0.25, -0.2) is 19.9 Å². The molecule has 0 amide bonds. The van der Waals surface area contributed by atoms with Crippen LogP contribution in [0, 0.1) is 27.7 Å². The quantitative estimate of drug-likeness (QED) is 0.0698. The zero-order chi connectivity index (χ0) is 56.0. The summed E-state index contributed by atoms with van der Waals surface area (Å²) in [5, 5.41) is 18.9. The molecule has 0 radical (unpaired) electrons.